The highest BCUT2D eigenvalue weighted by molar-refractivity contribution is 6.01. The number of oxime groups is 1. The molecule has 0 saturated heterocycles. The van der Waals surface area contributed by atoms with Crippen molar-refractivity contribution < 1.29 is 23.8 Å². The fourth-order valence-electron chi connectivity index (χ4n) is 4.93. The predicted octanol–water partition coefficient (Wildman–Crippen LogP) is 5.17. The van der Waals surface area contributed by atoms with Crippen LogP contribution in [0.5, 0.6) is 5.75 Å². The minimum atomic E-state index is -0.603. The van der Waals surface area contributed by atoms with Gasteiger partial charge < -0.3 is 23.6 Å². The molecule has 1 aromatic carbocycles. The molecule has 1 fully saturated rings. The summed E-state index contributed by atoms with van der Waals surface area (Å²) in [6.07, 6.45) is 7.90. The van der Waals surface area contributed by atoms with Crippen LogP contribution in [0.15, 0.2) is 53.8 Å². The average molecular weight is 508 g/mol. The number of carbonyl (C=O) groups excluding carboxylic acids is 1. The van der Waals surface area contributed by atoms with E-state index in [1.54, 1.807) is 7.11 Å². The third-order valence-corrected chi connectivity index (χ3v) is 6.83. The van der Waals surface area contributed by atoms with Crippen molar-refractivity contribution in [3.63, 3.8) is 0 Å². The molecule has 8 nitrogen and oxygen atoms in total. The third kappa shape index (κ3) is 6.89. The Balaban J connectivity index is 1.39. The zero-order valence-electron chi connectivity index (χ0n) is 22.0. The first-order valence-electron chi connectivity index (χ1n) is 13.1. The molecule has 1 atom stereocenters. The van der Waals surface area contributed by atoms with Crippen molar-refractivity contribution in [3.05, 3.63) is 59.9 Å². The van der Waals surface area contributed by atoms with Crippen LogP contribution in [0.4, 0.5) is 0 Å². The first-order chi connectivity index (χ1) is 18.1. The third-order valence-electron chi connectivity index (χ3n) is 6.83. The zero-order valence-corrected chi connectivity index (χ0v) is 22.0. The molecule has 0 N–H and O–H groups in total. The van der Waals surface area contributed by atoms with Gasteiger partial charge in [0, 0.05) is 30.5 Å². The van der Waals surface area contributed by atoms with Crippen LogP contribution < -0.4 is 4.74 Å². The molecule has 0 unspecified atom stereocenters. The molecule has 37 heavy (non-hydrogen) atoms. The van der Waals surface area contributed by atoms with E-state index in [2.05, 4.69) is 21.9 Å². The van der Waals surface area contributed by atoms with Gasteiger partial charge in [-0.3, -0.25) is 0 Å². The molecule has 2 aromatic heterocycles. The van der Waals surface area contributed by atoms with Gasteiger partial charge in [0.05, 0.1) is 19.3 Å². The summed E-state index contributed by atoms with van der Waals surface area (Å²) in [6.45, 7) is 3.48. The molecule has 0 bridgehead atoms. The van der Waals surface area contributed by atoms with E-state index < -0.39 is 6.10 Å². The summed E-state index contributed by atoms with van der Waals surface area (Å²) in [5.41, 5.74) is 3.73. The summed E-state index contributed by atoms with van der Waals surface area (Å²) in [4.78, 5) is 22.1. The second kappa shape index (κ2) is 13.2. The molecular formula is C29H37N3O5. The number of pyridine rings is 1. The molecule has 0 aliphatic heterocycles. The Morgan fingerprint density at radius 1 is 1.08 bits per heavy atom. The summed E-state index contributed by atoms with van der Waals surface area (Å²) in [5, 5.41) is 5.46. The molecular weight excluding hydrogens is 470 g/mol. The lowest BCUT2D eigenvalue weighted by Crippen LogP contribution is -2.28. The number of ether oxygens (including phenoxy) is 3. The maximum absolute atomic E-state index is 11.9. The van der Waals surface area contributed by atoms with Gasteiger partial charge in [-0.2, -0.15) is 0 Å². The lowest BCUT2D eigenvalue weighted by Gasteiger charge is -2.22. The SMILES string of the molecule is CCO[C@@H](Cc1ccc(OCCn2ccc3ccc(/C(=N/OC)C4CCCCC4)nc32)cc1)C(=O)OC. The minimum Gasteiger partial charge on any atom is -0.492 e. The molecule has 8 heteroatoms. The Labute approximate surface area is 218 Å². The van der Waals surface area contributed by atoms with Crippen LogP contribution in [0, 0.1) is 5.92 Å². The van der Waals surface area contributed by atoms with E-state index >= 15 is 0 Å². The number of rotatable bonds is 12. The van der Waals surface area contributed by atoms with Crippen LogP contribution >= 0.6 is 0 Å². The summed E-state index contributed by atoms with van der Waals surface area (Å²) in [7, 11) is 2.98. The lowest BCUT2D eigenvalue weighted by atomic mass is 9.84. The van der Waals surface area contributed by atoms with Gasteiger partial charge in [0.15, 0.2) is 6.10 Å². The van der Waals surface area contributed by atoms with E-state index in [1.165, 1.54) is 26.4 Å². The Bertz CT molecular complexity index is 1180. The average Bonchev–Trinajstić information content (AvgIpc) is 3.34. The van der Waals surface area contributed by atoms with Gasteiger partial charge in [0.25, 0.3) is 0 Å². The number of hydrogen-bond acceptors (Lipinski definition) is 7. The Morgan fingerprint density at radius 3 is 2.57 bits per heavy atom. The highest BCUT2D eigenvalue weighted by Gasteiger charge is 2.23. The molecule has 0 spiro atoms. The van der Waals surface area contributed by atoms with Crippen molar-refractivity contribution in [2.75, 3.05) is 27.4 Å². The van der Waals surface area contributed by atoms with E-state index in [-0.39, 0.29) is 5.97 Å². The van der Waals surface area contributed by atoms with Gasteiger partial charge in [-0.05, 0) is 55.7 Å². The molecule has 1 aliphatic carbocycles. The molecule has 2 heterocycles. The van der Waals surface area contributed by atoms with E-state index in [0.717, 1.165) is 46.6 Å². The quantitative estimate of drug-likeness (QED) is 0.191. The van der Waals surface area contributed by atoms with E-state index in [0.29, 0.717) is 32.1 Å². The van der Waals surface area contributed by atoms with Crippen molar-refractivity contribution in [1.29, 1.82) is 0 Å². The first-order valence-corrected chi connectivity index (χ1v) is 13.1. The van der Waals surface area contributed by atoms with Gasteiger partial charge in [-0.1, -0.05) is 36.6 Å². The van der Waals surface area contributed by atoms with Crippen molar-refractivity contribution >= 4 is 22.7 Å². The molecule has 4 rings (SSSR count). The first kappa shape index (κ1) is 26.7. The number of nitrogens with zero attached hydrogens (tertiary/aromatic N) is 3. The molecule has 3 aromatic rings. The smallest absolute Gasteiger partial charge is 0.335 e. The topological polar surface area (TPSA) is 84.2 Å². The van der Waals surface area contributed by atoms with Gasteiger partial charge in [-0.25, -0.2) is 9.78 Å². The van der Waals surface area contributed by atoms with Gasteiger partial charge in [-0.15, -0.1) is 0 Å². The number of esters is 1. The molecule has 1 saturated carbocycles. The van der Waals surface area contributed by atoms with E-state index in [1.807, 2.05) is 43.5 Å². The summed E-state index contributed by atoms with van der Waals surface area (Å²) >= 11 is 0. The monoisotopic (exact) mass is 507 g/mol. The second-order valence-electron chi connectivity index (χ2n) is 9.28. The fraction of sp³-hybridized carbons (Fsp3) is 0.483. The molecule has 1 aliphatic rings. The largest absolute Gasteiger partial charge is 0.492 e. The van der Waals surface area contributed by atoms with Crippen LogP contribution in [0.1, 0.15) is 50.3 Å². The number of fused-ring (bicyclic) bond motifs is 1. The lowest BCUT2D eigenvalue weighted by molar-refractivity contribution is -0.153. The van der Waals surface area contributed by atoms with Gasteiger partial charge >= 0.3 is 5.97 Å². The maximum atomic E-state index is 11.9. The van der Waals surface area contributed by atoms with Crippen LogP contribution in [0.2, 0.25) is 0 Å². The minimum absolute atomic E-state index is 0.364. The van der Waals surface area contributed by atoms with E-state index in [9.17, 15) is 4.79 Å². The molecule has 198 valence electrons. The summed E-state index contributed by atoms with van der Waals surface area (Å²) in [5.74, 6) is 0.800. The Hall–Kier alpha value is -3.39. The standard InChI is InChI=1S/C29H37N3O5/c1-4-36-26(29(33)34-2)20-21-10-13-24(14-11-21)37-19-18-32-17-16-23-12-15-25(30-28(23)32)27(31-35-3)22-8-6-5-7-9-22/h10-17,22,26H,4-9,18-20H2,1-3H3/b31-27+/t26-/m0/s1. The highest BCUT2D eigenvalue weighted by atomic mass is 16.6. The normalized spacial score (nSPS) is 15.5. The Morgan fingerprint density at radius 2 is 1.86 bits per heavy atom. The number of carbonyl (C=O) groups is 1. The number of benzene rings is 1. The van der Waals surface area contributed by atoms with Gasteiger partial charge in [0.1, 0.15) is 30.8 Å². The van der Waals surface area contributed by atoms with E-state index in [4.69, 9.17) is 24.0 Å². The van der Waals surface area contributed by atoms with Gasteiger partial charge in [0.2, 0.25) is 0 Å². The Kier molecular flexibility index (Phi) is 9.54. The highest BCUT2D eigenvalue weighted by Crippen LogP contribution is 2.28. The number of hydrogen-bond donors (Lipinski definition) is 0. The van der Waals surface area contributed by atoms with Crippen molar-refractivity contribution in [2.24, 2.45) is 11.1 Å². The molecule has 0 radical (unpaired) electrons. The van der Waals surface area contributed by atoms with Crippen molar-refractivity contribution in [3.8, 4) is 5.75 Å². The summed E-state index contributed by atoms with van der Waals surface area (Å²) in [6, 6.07) is 14.0. The van der Waals surface area contributed by atoms with Crippen LogP contribution in [-0.4, -0.2) is 54.8 Å². The number of aromatic nitrogens is 2. The fourth-order valence-corrected chi connectivity index (χ4v) is 4.93. The second-order valence-corrected chi connectivity index (χ2v) is 9.28. The maximum Gasteiger partial charge on any atom is 0.335 e. The van der Waals surface area contributed by atoms with Crippen molar-refractivity contribution in [2.45, 2.75) is 58.1 Å². The van der Waals surface area contributed by atoms with Crippen LogP contribution in [0.3, 0.4) is 0 Å². The number of methoxy groups -OCH3 is 1. The zero-order chi connectivity index (χ0) is 26.0. The van der Waals surface area contributed by atoms with Crippen LogP contribution in [-0.2, 0) is 32.1 Å². The van der Waals surface area contributed by atoms with Crippen LogP contribution in [0.25, 0.3) is 11.0 Å². The predicted molar refractivity (Wildman–Crippen MR) is 143 cm³/mol. The van der Waals surface area contributed by atoms with Crippen molar-refractivity contribution in [1.82, 2.24) is 9.55 Å². The molecule has 0 amide bonds. The summed E-state index contributed by atoms with van der Waals surface area (Å²) < 4.78 is 18.5.